The molecule has 20 heavy (non-hydrogen) atoms. The summed E-state index contributed by atoms with van der Waals surface area (Å²) < 4.78 is 24.7. The fourth-order valence-corrected chi connectivity index (χ4v) is 1.95. The van der Waals surface area contributed by atoms with Crippen LogP contribution in [-0.4, -0.2) is 19.9 Å². The van der Waals surface area contributed by atoms with Gasteiger partial charge in [-0.25, -0.2) is 4.39 Å². The molecule has 1 aromatic rings. The molecule has 4 heteroatoms. The fraction of sp³-hybridized carbons (Fsp3) is 0.625. The SMILES string of the molecule is CC(C)CNCc1cccc(F)c1OCOCC1CC1. The van der Waals surface area contributed by atoms with Gasteiger partial charge in [-0.05, 0) is 37.3 Å². The zero-order chi connectivity index (χ0) is 14.4. The van der Waals surface area contributed by atoms with Gasteiger partial charge in [0.2, 0.25) is 0 Å². The molecule has 0 aliphatic heterocycles. The molecule has 0 radical (unpaired) electrons. The van der Waals surface area contributed by atoms with E-state index < -0.39 is 0 Å². The number of nitrogens with one attached hydrogen (secondary N) is 1. The maximum absolute atomic E-state index is 13.8. The Morgan fingerprint density at radius 2 is 2.15 bits per heavy atom. The minimum absolute atomic E-state index is 0.120. The van der Waals surface area contributed by atoms with Gasteiger partial charge in [0.15, 0.2) is 18.4 Å². The predicted molar refractivity (Wildman–Crippen MR) is 77.1 cm³/mol. The molecule has 1 N–H and O–H groups in total. The molecule has 1 aromatic carbocycles. The van der Waals surface area contributed by atoms with Crippen LogP contribution in [-0.2, 0) is 11.3 Å². The average molecular weight is 281 g/mol. The summed E-state index contributed by atoms with van der Waals surface area (Å²) in [7, 11) is 0. The quantitative estimate of drug-likeness (QED) is 0.556. The van der Waals surface area contributed by atoms with Gasteiger partial charge in [0.25, 0.3) is 0 Å². The fourth-order valence-electron chi connectivity index (χ4n) is 1.95. The molecule has 3 nitrogen and oxygen atoms in total. The lowest BCUT2D eigenvalue weighted by atomic mass is 10.1. The van der Waals surface area contributed by atoms with Crippen LogP contribution in [0.4, 0.5) is 4.39 Å². The minimum atomic E-state index is -0.330. The van der Waals surface area contributed by atoms with Crippen molar-refractivity contribution in [3.8, 4) is 5.75 Å². The molecular formula is C16H24FNO2. The Hall–Kier alpha value is -1.13. The van der Waals surface area contributed by atoms with E-state index in [9.17, 15) is 4.39 Å². The van der Waals surface area contributed by atoms with E-state index in [0.717, 1.165) is 18.7 Å². The van der Waals surface area contributed by atoms with E-state index in [0.29, 0.717) is 24.1 Å². The van der Waals surface area contributed by atoms with Gasteiger partial charge in [0.1, 0.15) is 0 Å². The molecule has 1 fully saturated rings. The van der Waals surface area contributed by atoms with Crippen LogP contribution >= 0.6 is 0 Å². The zero-order valence-electron chi connectivity index (χ0n) is 12.3. The van der Waals surface area contributed by atoms with E-state index in [1.165, 1.54) is 18.9 Å². The molecule has 0 unspecified atom stereocenters. The molecule has 1 saturated carbocycles. The third-order valence-electron chi connectivity index (χ3n) is 3.25. The Kier molecular flexibility index (Phi) is 5.80. The minimum Gasteiger partial charge on any atom is -0.464 e. The summed E-state index contributed by atoms with van der Waals surface area (Å²) in [5.41, 5.74) is 0.834. The first kappa shape index (κ1) is 15.3. The second-order valence-corrected chi connectivity index (χ2v) is 5.83. The molecule has 1 aliphatic carbocycles. The van der Waals surface area contributed by atoms with Crippen molar-refractivity contribution in [2.24, 2.45) is 11.8 Å². The Labute approximate surface area is 120 Å². The first-order valence-electron chi connectivity index (χ1n) is 7.35. The topological polar surface area (TPSA) is 30.5 Å². The van der Waals surface area contributed by atoms with E-state index in [-0.39, 0.29) is 12.6 Å². The Bertz CT molecular complexity index is 419. The monoisotopic (exact) mass is 281 g/mol. The third kappa shape index (κ3) is 5.10. The van der Waals surface area contributed by atoms with Gasteiger partial charge < -0.3 is 14.8 Å². The predicted octanol–water partition coefficient (Wildman–Crippen LogP) is 3.33. The second-order valence-electron chi connectivity index (χ2n) is 5.83. The number of ether oxygens (including phenoxy) is 2. The summed E-state index contributed by atoms with van der Waals surface area (Å²) in [6.07, 6.45) is 2.48. The number of para-hydroxylation sites is 1. The largest absolute Gasteiger partial charge is 0.464 e. The molecule has 2 rings (SSSR count). The molecule has 0 amide bonds. The van der Waals surface area contributed by atoms with Crippen LogP contribution in [0.25, 0.3) is 0 Å². The zero-order valence-corrected chi connectivity index (χ0v) is 12.3. The smallest absolute Gasteiger partial charge is 0.189 e. The number of benzene rings is 1. The standard InChI is InChI=1S/C16H24FNO2/c1-12(2)8-18-9-14-4-3-5-15(17)16(14)20-11-19-10-13-6-7-13/h3-5,12-13,18H,6-11H2,1-2H3. The molecule has 0 spiro atoms. The Morgan fingerprint density at radius 1 is 1.35 bits per heavy atom. The summed E-state index contributed by atoms with van der Waals surface area (Å²) in [6, 6.07) is 5.01. The lowest BCUT2D eigenvalue weighted by molar-refractivity contribution is 0.00732. The summed E-state index contributed by atoms with van der Waals surface area (Å²) >= 11 is 0. The van der Waals surface area contributed by atoms with Gasteiger partial charge in [-0.1, -0.05) is 26.0 Å². The van der Waals surface area contributed by atoms with E-state index >= 15 is 0 Å². The van der Waals surface area contributed by atoms with Crippen molar-refractivity contribution in [1.29, 1.82) is 0 Å². The van der Waals surface area contributed by atoms with Crippen molar-refractivity contribution in [3.05, 3.63) is 29.6 Å². The molecular weight excluding hydrogens is 257 g/mol. The molecule has 0 bridgehead atoms. The highest BCUT2D eigenvalue weighted by atomic mass is 19.1. The second kappa shape index (κ2) is 7.60. The first-order valence-corrected chi connectivity index (χ1v) is 7.35. The van der Waals surface area contributed by atoms with Crippen molar-refractivity contribution < 1.29 is 13.9 Å². The van der Waals surface area contributed by atoms with Gasteiger partial charge in [0, 0.05) is 12.1 Å². The van der Waals surface area contributed by atoms with Crippen LogP contribution in [0.15, 0.2) is 18.2 Å². The lowest BCUT2D eigenvalue weighted by Gasteiger charge is -2.14. The van der Waals surface area contributed by atoms with Crippen molar-refractivity contribution in [3.63, 3.8) is 0 Å². The maximum atomic E-state index is 13.8. The highest BCUT2D eigenvalue weighted by Crippen LogP contribution is 2.29. The highest BCUT2D eigenvalue weighted by molar-refractivity contribution is 5.34. The van der Waals surface area contributed by atoms with Crippen LogP contribution in [0.5, 0.6) is 5.75 Å². The molecule has 1 aliphatic rings. The summed E-state index contributed by atoms with van der Waals surface area (Å²) in [6.45, 7) is 6.62. The van der Waals surface area contributed by atoms with Crippen LogP contribution in [0.3, 0.4) is 0 Å². The van der Waals surface area contributed by atoms with Crippen LogP contribution in [0.1, 0.15) is 32.3 Å². The van der Waals surface area contributed by atoms with Gasteiger partial charge in [-0.2, -0.15) is 0 Å². The highest BCUT2D eigenvalue weighted by Gasteiger charge is 2.21. The van der Waals surface area contributed by atoms with E-state index in [1.54, 1.807) is 6.07 Å². The molecule has 112 valence electrons. The average Bonchev–Trinajstić information content (AvgIpc) is 3.20. The van der Waals surface area contributed by atoms with E-state index in [2.05, 4.69) is 19.2 Å². The molecule has 0 saturated heterocycles. The van der Waals surface area contributed by atoms with Gasteiger partial charge in [0.05, 0.1) is 6.61 Å². The van der Waals surface area contributed by atoms with E-state index in [4.69, 9.17) is 9.47 Å². The normalized spacial score (nSPS) is 14.8. The summed E-state index contributed by atoms with van der Waals surface area (Å²) in [5.74, 6) is 1.23. The van der Waals surface area contributed by atoms with Gasteiger partial charge in [-0.3, -0.25) is 0 Å². The molecule has 0 atom stereocenters. The Balaban J connectivity index is 1.83. The number of hydrogen-bond donors (Lipinski definition) is 1. The first-order chi connectivity index (χ1) is 9.66. The Morgan fingerprint density at radius 3 is 2.85 bits per heavy atom. The van der Waals surface area contributed by atoms with Crippen molar-refractivity contribution in [2.75, 3.05) is 19.9 Å². The van der Waals surface area contributed by atoms with Crippen molar-refractivity contribution >= 4 is 0 Å². The van der Waals surface area contributed by atoms with E-state index in [1.807, 2.05) is 6.07 Å². The number of halogens is 1. The third-order valence-corrected chi connectivity index (χ3v) is 3.25. The van der Waals surface area contributed by atoms with Gasteiger partial charge >= 0.3 is 0 Å². The van der Waals surface area contributed by atoms with Crippen LogP contribution in [0.2, 0.25) is 0 Å². The molecule has 0 aromatic heterocycles. The number of rotatable bonds is 9. The van der Waals surface area contributed by atoms with Crippen LogP contribution in [0, 0.1) is 17.7 Å². The maximum Gasteiger partial charge on any atom is 0.189 e. The molecule has 0 heterocycles. The van der Waals surface area contributed by atoms with Gasteiger partial charge in [-0.15, -0.1) is 0 Å². The summed E-state index contributed by atoms with van der Waals surface area (Å²) in [5, 5.41) is 3.30. The number of hydrogen-bond acceptors (Lipinski definition) is 3. The lowest BCUT2D eigenvalue weighted by Crippen LogP contribution is -2.20. The van der Waals surface area contributed by atoms with Crippen molar-refractivity contribution in [1.82, 2.24) is 5.32 Å². The van der Waals surface area contributed by atoms with Crippen molar-refractivity contribution in [2.45, 2.75) is 33.2 Å². The van der Waals surface area contributed by atoms with Crippen LogP contribution < -0.4 is 10.1 Å². The summed E-state index contributed by atoms with van der Waals surface area (Å²) in [4.78, 5) is 0.